The first kappa shape index (κ1) is 18.3. The number of primary sulfonamides is 1. The Kier molecular flexibility index (Phi) is 6.27. The molecule has 0 amide bonds. The van der Waals surface area contributed by atoms with Crippen LogP contribution in [0.3, 0.4) is 0 Å². The van der Waals surface area contributed by atoms with Crippen LogP contribution in [0.25, 0.3) is 0 Å². The number of hydrogen-bond donors (Lipinski definition) is 3. The summed E-state index contributed by atoms with van der Waals surface area (Å²) in [7, 11) is -3.73. The summed E-state index contributed by atoms with van der Waals surface area (Å²) in [6.07, 6.45) is -0.767. The molecule has 2 aromatic rings. The van der Waals surface area contributed by atoms with Gasteiger partial charge in [-0.15, -0.1) is 0 Å². The van der Waals surface area contributed by atoms with Crippen LogP contribution in [-0.4, -0.2) is 32.8 Å². The maximum absolute atomic E-state index is 12.8. The highest BCUT2D eigenvalue weighted by Crippen LogP contribution is 2.11. The molecule has 8 heteroatoms. The highest BCUT2D eigenvalue weighted by atomic mass is 32.2. The van der Waals surface area contributed by atoms with E-state index in [1.807, 2.05) is 0 Å². The van der Waals surface area contributed by atoms with E-state index in [1.54, 1.807) is 12.1 Å². The number of hydrogen-bond acceptors (Lipinski definition) is 5. The molecule has 0 aromatic heterocycles. The zero-order chi connectivity index (χ0) is 17.6. The minimum atomic E-state index is -3.73. The number of aliphatic hydroxyl groups is 1. The van der Waals surface area contributed by atoms with Gasteiger partial charge in [0.1, 0.15) is 24.3 Å². The molecular weight excluding hydrogens is 335 g/mol. The minimum absolute atomic E-state index is 0.0435. The maximum Gasteiger partial charge on any atom is 0.238 e. The number of halogens is 1. The van der Waals surface area contributed by atoms with E-state index < -0.39 is 16.1 Å². The van der Waals surface area contributed by atoms with Crippen LogP contribution in [0.5, 0.6) is 5.75 Å². The van der Waals surface area contributed by atoms with Gasteiger partial charge < -0.3 is 15.2 Å². The number of nitrogens with one attached hydrogen (secondary N) is 1. The molecule has 1 unspecified atom stereocenters. The summed E-state index contributed by atoms with van der Waals surface area (Å²) in [6.45, 7) is 0.674. The van der Waals surface area contributed by atoms with Crippen LogP contribution in [0, 0.1) is 5.82 Å². The monoisotopic (exact) mass is 354 g/mol. The van der Waals surface area contributed by atoms with Crippen LogP contribution in [0.15, 0.2) is 53.4 Å². The summed E-state index contributed by atoms with van der Waals surface area (Å²) in [6, 6.07) is 11.8. The molecule has 0 aliphatic heterocycles. The third kappa shape index (κ3) is 5.89. The molecule has 0 spiro atoms. The molecular formula is C16H19FN2O4S. The van der Waals surface area contributed by atoms with Gasteiger partial charge in [-0.25, -0.2) is 17.9 Å². The zero-order valence-electron chi connectivity index (χ0n) is 12.9. The fourth-order valence-electron chi connectivity index (χ4n) is 2.00. The first-order valence-corrected chi connectivity index (χ1v) is 8.78. The fraction of sp³-hybridized carbons (Fsp3) is 0.250. The first-order valence-electron chi connectivity index (χ1n) is 7.23. The van der Waals surface area contributed by atoms with Gasteiger partial charge in [-0.3, -0.25) is 0 Å². The number of sulfonamides is 1. The van der Waals surface area contributed by atoms with Crippen molar-refractivity contribution in [2.24, 2.45) is 5.14 Å². The first-order chi connectivity index (χ1) is 11.3. The van der Waals surface area contributed by atoms with Gasteiger partial charge in [0, 0.05) is 13.1 Å². The Morgan fingerprint density at radius 1 is 1.21 bits per heavy atom. The molecule has 24 heavy (non-hydrogen) atoms. The molecule has 0 heterocycles. The summed E-state index contributed by atoms with van der Waals surface area (Å²) in [5, 5.41) is 17.9. The molecule has 0 fully saturated rings. The summed E-state index contributed by atoms with van der Waals surface area (Å²) >= 11 is 0. The van der Waals surface area contributed by atoms with E-state index >= 15 is 0 Å². The maximum atomic E-state index is 12.8. The van der Waals surface area contributed by atoms with E-state index in [0.29, 0.717) is 12.3 Å². The lowest BCUT2D eigenvalue weighted by molar-refractivity contribution is 0.106. The molecule has 0 saturated carbocycles. The number of ether oxygens (including phenoxy) is 1. The van der Waals surface area contributed by atoms with Crippen molar-refractivity contribution >= 4 is 10.0 Å². The predicted molar refractivity (Wildman–Crippen MR) is 87.4 cm³/mol. The number of aliphatic hydroxyl groups excluding tert-OH is 1. The van der Waals surface area contributed by atoms with E-state index in [2.05, 4.69) is 5.32 Å². The highest BCUT2D eigenvalue weighted by Gasteiger charge is 2.09. The van der Waals surface area contributed by atoms with Crippen molar-refractivity contribution in [3.05, 3.63) is 59.9 Å². The second kappa shape index (κ2) is 8.20. The van der Waals surface area contributed by atoms with Crippen molar-refractivity contribution < 1.29 is 22.7 Å². The van der Waals surface area contributed by atoms with Crippen molar-refractivity contribution in [3.63, 3.8) is 0 Å². The molecule has 4 N–H and O–H groups in total. The molecule has 1 atom stereocenters. The topological polar surface area (TPSA) is 102 Å². The fourth-order valence-corrected chi connectivity index (χ4v) is 2.58. The van der Waals surface area contributed by atoms with E-state index in [0.717, 1.165) is 5.56 Å². The highest BCUT2D eigenvalue weighted by molar-refractivity contribution is 7.89. The van der Waals surface area contributed by atoms with Gasteiger partial charge in [0.05, 0.1) is 4.90 Å². The predicted octanol–water partition coefficient (Wildman–Crippen LogP) is 1.00. The average molecular weight is 354 g/mol. The second-order valence-electron chi connectivity index (χ2n) is 5.24. The normalized spacial score (nSPS) is 12.8. The van der Waals surface area contributed by atoms with E-state index in [-0.39, 0.29) is 23.9 Å². The van der Waals surface area contributed by atoms with Crippen LogP contribution in [0.2, 0.25) is 0 Å². The second-order valence-corrected chi connectivity index (χ2v) is 6.80. The van der Waals surface area contributed by atoms with Crippen molar-refractivity contribution in [1.29, 1.82) is 0 Å². The Morgan fingerprint density at radius 3 is 2.58 bits per heavy atom. The molecule has 0 bridgehead atoms. The van der Waals surface area contributed by atoms with Gasteiger partial charge >= 0.3 is 0 Å². The summed E-state index contributed by atoms with van der Waals surface area (Å²) in [5.74, 6) is 0.114. The minimum Gasteiger partial charge on any atom is -0.491 e. The molecule has 6 nitrogen and oxygen atoms in total. The SMILES string of the molecule is NS(=O)(=O)c1cccc(CNCC(O)COc2ccc(F)cc2)c1. The van der Waals surface area contributed by atoms with Crippen LogP contribution < -0.4 is 15.2 Å². The van der Waals surface area contributed by atoms with E-state index in [4.69, 9.17) is 9.88 Å². The Hall–Kier alpha value is -2.00. The third-order valence-corrected chi connectivity index (χ3v) is 4.10. The van der Waals surface area contributed by atoms with Crippen molar-refractivity contribution in [3.8, 4) is 5.75 Å². The molecule has 0 saturated heterocycles. The van der Waals surface area contributed by atoms with Crippen LogP contribution in [0.4, 0.5) is 4.39 Å². The number of rotatable bonds is 8. The van der Waals surface area contributed by atoms with Crippen LogP contribution >= 0.6 is 0 Å². The van der Waals surface area contributed by atoms with Gasteiger partial charge in [-0.2, -0.15) is 0 Å². The molecule has 2 aromatic carbocycles. The Labute approximate surface area is 140 Å². The van der Waals surface area contributed by atoms with Crippen LogP contribution in [-0.2, 0) is 16.6 Å². The summed E-state index contributed by atoms with van der Waals surface area (Å²) in [5.41, 5.74) is 0.730. The van der Waals surface area contributed by atoms with Crippen molar-refractivity contribution in [2.45, 2.75) is 17.5 Å². The van der Waals surface area contributed by atoms with Gasteiger partial charge in [0.2, 0.25) is 10.0 Å². The van der Waals surface area contributed by atoms with Crippen LogP contribution in [0.1, 0.15) is 5.56 Å². The molecule has 130 valence electrons. The number of benzene rings is 2. The lowest BCUT2D eigenvalue weighted by Gasteiger charge is -2.13. The summed E-state index contributed by atoms with van der Waals surface area (Å²) < 4.78 is 40.7. The van der Waals surface area contributed by atoms with Gasteiger partial charge in [0.25, 0.3) is 0 Å². The zero-order valence-corrected chi connectivity index (χ0v) is 13.7. The van der Waals surface area contributed by atoms with Crippen molar-refractivity contribution in [2.75, 3.05) is 13.2 Å². The Morgan fingerprint density at radius 2 is 1.92 bits per heavy atom. The Balaban J connectivity index is 1.76. The number of nitrogens with two attached hydrogens (primary N) is 1. The average Bonchev–Trinajstić information content (AvgIpc) is 2.54. The van der Waals surface area contributed by atoms with E-state index in [1.165, 1.54) is 36.4 Å². The molecule has 0 radical (unpaired) electrons. The van der Waals surface area contributed by atoms with Gasteiger partial charge in [0.15, 0.2) is 0 Å². The van der Waals surface area contributed by atoms with Gasteiger partial charge in [-0.05, 0) is 42.0 Å². The molecule has 0 aliphatic carbocycles. The third-order valence-electron chi connectivity index (χ3n) is 3.19. The molecule has 2 rings (SSSR count). The lowest BCUT2D eigenvalue weighted by Crippen LogP contribution is -2.31. The van der Waals surface area contributed by atoms with Crippen molar-refractivity contribution in [1.82, 2.24) is 5.32 Å². The van der Waals surface area contributed by atoms with E-state index in [9.17, 15) is 17.9 Å². The quantitative estimate of drug-likeness (QED) is 0.656. The smallest absolute Gasteiger partial charge is 0.238 e. The largest absolute Gasteiger partial charge is 0.491 e. The van der Waals surface area contributed by atoms with Gasteiger partial charge in [-0.1, -0.05) is 12.1 Å². The molecule has 0 aliphatic rings. The lowest BCUT2D eigenvalue weighted by atomic mass is 10.2. The Bertz CT molecular complexity index is 766. The summed E-state index contributed by atoms with van der Waals surface area (Å²) in [4.78, 5) is 0.0435. The standard InChI is InChI=1S/C16H19FN2O4S/c17-13-4-6-15(7-5-13)23-11-14(20)10-19-9-12-2-1-3-16(8-12)24(18,21)22/h1-8,14,19-20H,9-11H2,(H2,18,21,22).